The molecule has 0 atom stereocenters. The summed E-state index contributed by atoms with van der Waals surface area (Å²) in [5, 5.41) is 2.93. The highest BCUT2D eigenvalue weighted by atomic mass is 16.3. The van der Waals surface area contributed by atoms with E-state index in [9.17, 15) is 4.79 Å². The summed E-state index contributed by atoms with van der Waals surface area (Å²) in [5.41, 5.74) is 3.62. The Morgan fingerprint density at radius 2 is 1.95 bits per heavy atom. The van der Waals surface area contributed by atoms with Crippen LogP contribution in [0.25, 0.3) is 11.3 Å². The molecule has 1 N–H and O–H groups in total. The molecule has 3 nitrogen and oxygen atoms in total. The average Bonchev–Trinajstić information content (AvgIpc) is 2.97. The molecule has 1 aromatic carbocycles. The number of hydrogen-bond donors (Lipinski definition) is 1. The normalized spacial score (nSPS) is 10.7. The minimum atomic E-state index is 0.0950. The molecule has 22 heavy (non-hydrogen) atoms. The standard InChI is InChI=1S/C19H25NO2/c1-4-5-12-20-19(21)11-9-17-8-10-18(22-17)16-7-6-14(2)15(3)13-16/h6-8,10,13H,4-5,9,11-12H2,1-3H3,(H,20,21). The van der Waals surface area contributed by atoms with Crippen molar-refractivity contribution in [3.8, 4) is 11.3 Å². The smallest absolute Gasteiger partial charge is 0.220 e. The summed E-state index contributed by atoms with van der Waals surface area (Å²) in [6, 6.07) is 10.3. The number of aryl methyl sites for hydroxylation is 3. The molecule has 0 saturated carbocycles. The van der Waals surface area contributed by atoms with Gasteiger partial charge in [0.1, 0.15) is 11.5 Å². The van der Waals surface area contributed by atoms with E-state index in [1.165, 1.54) is 11.1 Å². The minimum Gasteiger partial charge on any atom is -0.461 e. The molecule has 1 heterocycles. The van der Waals surface area contributed by atoms with Crippen molar-refractivity contribution in [1.82, 2.24) is 5.32 Å². The zero-order valence-electron chi connectivity index (χ0n) is 13.7. The fourth-order valence-electron chi connectivity index (χ4n) is 2.29. The van der Waals surface area contributed by atoms with Crippen LogP contribution in [0, 0.1) is 13.8 Å². The first-order valence-electron chi connectivity index (χ1n) is 8.03. The van der Waals surface area contributed by atoms with Gasteiger partial charge in [0.15, 0.2) is 0 Å². The first-order chi connectivity index (χ1) is 10.6. The van der Waals surface area contributed by atoms with Crippen LogP contribution in [0.1, 0.15) is 43.1 Å². The number of carbonyl (C=O) groups is 1. The van der Waals surface area contributed by atoms with E-state index in [1.807, 2.05) is 12.1 Å². The minimum absolute atomic E-state index is 0.0950. The summed E-state index contributed by atoms with van der Waals surface area (Å²) in [6.07, 6.45) is 3.24. The van der Waals surface area contributed by atoms with Crippen molar-refractivity contribution in [2.24, 2.45) is 0 Å². The topological polar surface area (TPSA) is 42.2 Å². The molecule has 0 spiro atoms. The van der Waals surface area contributed by atoms with E-state index in [0.29, 0.717) is 12.8 Å². The molecule has 1 amide bonds. The van der Waals surface area contributed by atoms with Gasteiger partial charge in [-0.3, -0.25) is 4.79 Å². The maximum Gasteiger partial charge on any atom is 0.220 e. The predicted octanol–water partition coefficient (Wildman–Crippen LogP) is 4.41. The van der Waals surface area contributed by atoms with Crippen molar-refractivity contribution in [3.05, 3.63) is 47.2 Å². The quantitative estimate of drug-likeness (QED) is 0.769. The number of hydrogen-bond acceptors (Lipinski definition) is 2. The van der Waals surface area contributed by atoms with Crippen molar-refractivity contribution < 1.29 is 9.21 Å². The van der Waals surface area contributed by atoms with Crippen LogP contribution in [0.3, 0.4) is 0 Å². The monoisotopic (exact) mass is 299 g/mol. The van der Waals surface area contributed by atoms with E-state index in [-0.39, 0.29) is 5.91 Å². The number of carbonyl (C=O) groups excluding carboxylic acids is 1. The van der Waals surface area contributed by atoms with Crippen molar-refractivity contribution in [3.63, 3.8) is 0 Å². The van der Waals surface area contributed by atoms with Crippen LogP contribution in [0.2, 0.25) is 0 Å². The fraction of sp³-hybridized carbons (Fsp3) is 0.421. The largest absolute Gasteiger partial charge is 0.461 e. The van der Waals surface area contributed by atoms with E-state index in [0.717, 1.165) is 36.5 Å². The molecule has 2 aromatic rings. The summed E-state index contributed by atoms with van der Waals surface area (Å²) in [5.74, 6) is 1.82. The molecule has 0 unspecified atom stereocenters. The second-order valence-electron chi connectivity index (χ2n) is 5.77. The van der Waals surface area contributed by atoms with Crippen LogP contribution in [0.5, 0.6) is 0 Å². The molecule has 0 radical (unpaired) electrons. The Morgan fingerprint density at radius 1 is 1.14 bits per heavy atom. The Bertz CT molecular complexity index is 628. The van der Waals surface area contributed by atoms with Gasteiger partial charge in [-0.25, -0.2) is 0 Å². The Labute approximate surface area is 132 Å². The predicted molar refractivity (Wildman–Crippen MR) is 89.9 cm³/mol. The van der Waals surface area contributed by atoms with Gasteiger partial charge in [0.2, 0.25) is 5.91 Å². The van der Waals surface area contributed by atoms with Gasteiger partial charge in [0.05, 0.1) is 0 Å². The third-order valence-corrected chi connectivity index (χ3v) is 3.90. The molecule has 2 rings (SSSR count). The second kappa shape index (κ2) is 7.83. The van der Waals surface area contributed by atoms with Gasteiger partial charge in [-0.2, -0.15) is 0 Å². The third-order valence-electron chi connectivity index (χ3n) is 3.90. The van der Waals surface area contributed by atoms with Gasteiger partial charge in [-0.1, -0.05) is 25.5 Å². The SMILES string of the molecule is CCCCNC(=O)CCc1ccc(-c2ccc(C)c(C)c2)o1. The zero-order valence-corrected chi connectivity index (χ0v) is 13.7. The second-order valence-corrected chi connectivity index (χ2v) is 5.77. The molecule has 3 heteroatoms. The molecule has 0 fully saturated rings. The highest BCUT2D eigenvalue weighted by Crippen LogP contribution is 2.24. The number of amides is 1. The number of benzene rings is 1. The summed E-state index contributed by atoms with van der Waals surface area (Å²) in [7, 11) is 0. The van der Waals surface area contributed by atoms with Crippen molar-refractivity contribution in [2.45, 2.75) is 46.5 Å². The number of unbranched alkanes of at least 4 members (excludes halogenated alkanes) is 1. The molecule has 0 bridgehead atoms. The number of rotatable bonds is 7. The van der Waals surface area contributed by atoms with E-state index in [4.69, 9.17) is 4.42 Å². The lowest BCUT2D eigenvalue weighted by atomic mass is 10.1. The molecular weight excluding hydrogens is 274 g/mol. The first-order valence-corrected chi connectivity index (χ1v) is 8.03. The maximum absolute atomic E-state index is 11.7. The molecule has 0 saturated heterocycles. The molecule has 118 valence electrons. The van der Waals surface area contributed by atoms with Crippen molar-refractivity contribution >= 4 is 5.91 Å². The molecule has 0 aliphatic rings. The van der Waals surface area contributed by atoms with Crippen LogP contribution in [0.4, 0.5) is 0 Å². The molecule has 0 aliphatic carbocycles. The van der Waals surface area contributed by atoms with Crippen LogP contribution < -0.4 is 5.32 Å². The Hall–Kier alpha value is -2.03. The van der Waals surface area contributed by atoms with Gasteiger partial charge in [-0.15, -0.1) is 0 Å². The molecule has 1 aromatic heterocycles. The summed E-state index contributed by atoms with van der Waals surface area (Å²) >= 11 is 0. The lowest BCUT2D eigenvalue weighted by Gasteiger charge is -2.04. The third kappa shape index (κ3) is 4.48. The number of furan rings is 1. The van der Waals surface area contributed by atoms with Gasteiger partial charge in [0.25, 0.3) is 0 Å². The van der Waals surface area contributed by atoms with E-state index in [2.05, 4.69) is 44.3 Å². The Morgan fingerprint density at radius 3 is 2.68 bits per heavy atom. The van der Waals surface area contributed by atoms with Crippen LogP contribution >= 0.6 is 0 Å². The van der Waals surface area contributed by atoms with Crippen LogP contribution in [0.15, 0.2) is 34.7 Å². The first kappa shape index (κ1) is 16.3. The molecule has 0 aliphatic heterocycles. The summed E-state index contributed by atoms with van der Waals surface area (Å²) < 4.78 is 5.86. The van der Waals surface area contributed by atoms with E-state index < -0.39 is 0 Å². The van der Waals surface area contributed by atoms with Crippen molar-refractivity contribution in [2.75, 3.05) is 6.54 Å². The lowest BCUT2D eigenvalue weighted by Crippen LogP contribution is -2.24. The summed E-state index contributed by atoms with van der Waals surface area (Å²) in [4.78, 5) is 11.7. The maximum atomic E-state index is 11.7. The lowest BCUT2D eigenvalue weighted by molar-refractivity contribution is -0.121. The fourth-order valence-corrected chi connectivity index (χ4v) is 2.29. The van der Waals surface area contributed by atoms with Gasteiger partial charge in [-0.05, 0) is 49.6 Å². The van der Waals surface area contributed by atoms with Gasteiger partial charge < -0.3 is 9.73 Å². The van der Waals surface area contributed by atoms with Crippen LogP contribution in [-0.4, -0.2) is 12.5 Å². The van der Waals surface area contributed by atoms with E-state index >= 15 is 0 Å². The molecular formula is C19H25NO2. The Balaban J connectivity index is 1.91. The average molecular weight is 299 g/mol. The highest BCUT2D eigenvalue weighted by Gasteiger charge is 2.08. The Kier molecular flexibility index (Phi) is 5.82. The van der Waals surface area contributed by atoms with E-state index in [1.54, 1.807) is 0 Å². The summed E-state index contributed by atoms with van der Waals surface area (Å²) in [6.45, 7) is 7.08. The van der Waals surface area contributed by atoms with Crippen LogP contribution in [-0.2, 0) is 11.2 Å². The van der Waals surface area contributed by atoms with Gasteiger partial charge >= 0.3 is 0 Å². The van der Waals surface area contributed by atoms with Gasteiger partial charge in [0, 0.05) is 24.9 Å². The highest BCUT2D eigenvalue weighted by molar-refractivity contribution is 5.76. The van der Waals surface area contributed by atoms with Crippen molar-refractivity contribution in [1.29, 1.82) is 0 Å². The number of nitrogens with one attached hydrogen (secondary N) is 1. The zero-order chi connectivity index (χ0) is 15.9.